The van der Waals surface area contributed by atoms with Gasteiger partial charge in [-0.1, -0.05) is 24.6 Å². The Hall–Kier alpha value is -1.61. The van der Waals surface area contributed by atoms with Crippen LogP contribution >= 0.6 is 0 Å². The lowest BCUT2D eigenvalue weighted by atomic mass is 9.78. The quantitative estimate of drug-likeness (QED) is 0.932. The third kappa shape index (κ3) is 2.70. The molecule has 1 N–H and O–H groups in total. The summed E-state index contributed by atoms with van der Waals surface area (Å²) < 4.78 is 2.20. The minimum Gasteiger partial charge on any atom is -0.317 e. The van der Waals surface area contributed by atoms with Crippen LogP contribution in [0.2, 0.25) is 0 Å². The highest BCUT2D eigenvalue weighted by Crippen LogP contribution is 2.39. The molecule has 2 aromatic rings. The van der Waals surface area contributed by atoms with Gasteiger partial charge in [0.25, 0.3) is 0 Å². The summed E-state index contributed by atoms with van der Waals surface area (Å²) in [4.78, 5) is 0. The second-order valence-corrected chi connectivity index (χ2v) is 6.82. The van der Waals surface area contributed by atoms with Crippen LogP contribution in [-0.4, -0.2) is 22.9 Å². The van der Waals surface area contributed by atoms with E-state index in [1.165, 1.54) is 68.6 Å². The van der Waals surface area contributed by atoms with Gasteiger partial charge in [-0.05, 0) is 74.7 Å². The van der Waals surface area contributed by atoms with Crippen LogP contribution in [0.5, 0.6) is 0 Å². The molecule has 0 spiro atoms. The van der Waals surface area contributed by atoms with Crippen molar-refractivity contribution in [1.29, 1.82) is 0 Å². The van der Waals surface area contributed by atoms with E-state index in [4.69, 9.17) is 5.10 Å². The Kier molecular flexibility index (Phi) is 3.98. The Morgan fingerprint density at radius 2 is 1.82 bits per heavy atom. The Balaban J connectivity index is 1.66. The maximum atomic E-state index is 4.76. The molecule has 1 aromatic heterocycles. The number of nitrogens with zero attached hydrogens (tertiary/aromatic N) is 2. The largest absolute Gasteiger partial charge is 0.317 e. The van der Waals surface area contributed by atoms with E-state index in [0.29, 0.717) is 0 Å². The van der Waals surface area contributed by atoms with Crippen molar-refractivity contribution in [2.75, 3.05) is 13.1 Å². The standard InChI is InChI=1S/C19H25N3/c1-2-7-17(8-3-1)22-19(13-15-9-11-20-12-10-15)18(14-21-22)16-5-4-6-16/h1-3,7-8,14-16,20H,4-6,9-13H2. The summed E-state index contributed by atoms with van der Waals surface area (Å²) in [7, 11) is 0. The van der Waals surface area contributed by atoms with Gasteiger partial charge in [0.1, 0.15) is 0 Å². The van der Waals surface area contributed by atoms with Gasteiger partial charge in [0.05, 0.1) is 11.9 Å². The maximum absolute atomic E-state index is 4.76. The fourth-order valence-electron chi connectivity index (χ4n) is 3.80. The molecular weight excluding hydrogens is 270 g/mol. The lowest BCUT2D eigenvalue weighted by Gasteiger charge is -2.28. The van der Waals surface area contributed by atoms with Gasteiger partial charge in [-0.25, -0.2) is 4.68 Å². The first-order valence-corrected chi connectivity index (χ1v) is 8.75. The average molecular weight is 295 g/mol. The summed E-state index contributed by atoms with van der Waals surface area (Å²) in [6.45, 7) is 2.34. The fraction of sp³-hybridized carbons (Fsp3) is 0.526. The number of nitrogens with one attached hydrogen (secondary N) is 1. The molecule has 3 heteroatoms. The number of hydrogen-bond acceptors (Lipinski definition) is 2. The summed E-state index contributed by atoms with van der Waals surface area (Å²) in [5.41, 5.74) is 4.20. The summed E-state index contributed by atoms with van der Waals surface area (Å²) >= 11 is 0. The molecule has 0 amide bonds. The number of benzene rings is 1. The van der Waals surface area contributed by atoms with Crippen molar-refractivity contribution in [2.45, 2.75) is 44.4 Å². The molecule has 4 rings (SSSR count). The molecule has 2 aliphatic rings. The SMILES string of the molecule is c1ccc(-n2ncc(C3CCC3)c2CC2CCNCC2)cc1. The van der Waals surface area contributed by atoms with Gasteiger partial charge in [-0.3, -0.25) is 0 Å². The smallest absolute Gasteiger partial charge is 0.0648 e. The van der Waals surface area contributed by atoms with Gasteiger partial charge in [0.2, 0.25) is 0 Å². The Morgan fingerprint density at radius 3 is 2.50 bits per heavy atom. The van der Waals surface area contributed by atoms with Crippen molar-refractivity contribution in [3.63, 3.8) is 0 Å². The van der Waals surface area contributed by atoms with Crippen LogP contribution < -0.4 is 5.32 Å². The molecule has 0 bridgehead atoms. The van der Waals surface area contributed by atoms with Crippen LogP contribution in [0.25, 0.3) is 5.69 Å². The highest BCUT2D eigenvalue weighted by atomic mass is 15.3. The highest BCUT2D eigenvalue weighted by molar-refractivity contribution is 5.37. The van der Waals surface area contributed by atoms with E-state index in [2.05, 4.69) is 46.5 Å². The van der Waals surface area contributed by atoms with Gasteiger partial charge in [-0.15, -0.1) is 0 Å². The third-order valence-electron chi connectivity index (χ3n) is 5.39. The zero-order valence-electron chi connectivity index (χ0n) is 13.2. The van der Waals surface area contributed by atoms with Gasteiger partial charge in [0, 0.05) is 5.69 Å². The minimum absolute atomic E-state index is 0.758. The second kappa shape index (κ2) is 6.25. The number of aromatic nitrogens is 2. The molecule has 2 heterocycles. The van der Waals surface area contributed by atoms with Gasteiger partial charge in [0.15, 0.2) is 0 Å². The van der Waals surface area contributed by atoms with E-state index in [9.17, 15) is 0 Å². The maximum Gasteiger partial charge on any atom is 0.0648 e. The van der Waals surface area contributed by atoms with Crippen LogP contribution in [0, 0.1) is 5.92 Å². The monoisotopic (exact) mass is 295 g/mol. The molecule has 2 fully saturated rings. The highest BCUT2D eigenvalue weighted by Gasteiger charge is 2.27. The van der Waals surface area contributed by atoms with Crippen molar-refractivity contribution in [3.8, 4) is 5.69 Å². The lowest BCUT2D eigenvalue weighted by Crippen LogP contribution is -2.29. The summed E-state index contributed by atoms with van der Waals surface area (Å²) in [6.07, 6.45) is 10.00. The molecule has 1 aromatic carbocycles. The normalized spacial score (nSPS) is 20.0. The summed E-state index contributed by atoms with van der Waals surface area (Å²) in [6, 6.07) is 10.6. The van der Waals surface area contributed by atoms with Crippen molar-refractivity contribution in [1.82, 2.24) is 15.1 Å². The Bertz CT molecular complexity index is 607. The first-order chi connectivity index (χ1) is 10.9. The van der Waals surface area contributed by atoms with E-state index >= 15 is 0 Å². The summed E-state index contributed by atoms with van der Waals surface area (Å²) in [5.74, 6) is 1.56. The molecule has 0 unspecified atom stereocenters. The van der Waals surface area contributed by atoms with Crippen LogP contribution in [-0.2, 0) is 6.42 Å². The van der Waals surface area contributed by atoms with Gasteiger partial charge in [-0.2, -0.15) is 5.10 Å². The molecule has 116 valence electrons. The molecule has 22 heavy (non-hydrogen) atoms. The van der Waals surface area contributed by atoms with Crippen LogP contribution in [0.3, 0.4) is 0 Å². The fourth-order valence-corrected chi connectivity index (χ4v) is 3.80. The van der Waals surface area contributed by atoms with Crippen LogP contribution in [0.4, 0.5) is 0 Å². The molecular formula is C19H25N3. The zero-order chi connectivity index (χ0) is 14.8. The first-order valence-electron chi connectivity index (χ1n) is 8.75. The third-order valence-corrected chi connectivity index (χ3v) is 5.39. The predicted molar refractivity (Wildman–Crippen MR) is 89.5 cm³/mol. The lowest BCUT2D eigenvalue weighted by molar-refractivity contribution is 0.362. The predicted octanol–water partition coefficient (Wildman–Crippen LogP) is 3.68. The van der Waals surface area contributed by atoms with E-state index in [1.54, 1.807) is 0 Å². The molecule has 1 saturated heterocycles. The summed E-state index contributed by atoms with van der Waals surface area (Å²) in [5, 5.41) is 8.23. The van der Waals surface area contributed by atoms with Crippen LogP contribution in [0.1, 0.15) is 49.3 Å². The topological polar surface area (TPSA) is 29.9 Å². The minimum atomic E-state index is 0.758. The molecule has 1 aliphatic heterocycles. The number of rotatable bonds is 4. The zero-order valence-corrected chi connectivity index (χ0v) is 13.2. The first kappa shape index (κ1) is 14.0. The Labute approximate surface area is 132 Å². The van der Waals surface area contributed by atoms with E-state index in [-0.39, 0.29) is 0 Å². The van der Waals surface area contributed by atoms with E-state index in [0.717, 1.165) is 11.8 Å². The average Bonchev–Trinajstić information content (AvgIpc) is 2.91. The van der Waals surface area contributed by atoms with Gasteiger partial charge >= 0.3 is 0 Å². The molecule has 0 atom stereocenters. The van der Waals surface area contributed by atoms with Crippen molar-refractivity contribution in [3.05, 3.63) is 47.8 Å². The van der Waals surface area contributed by atoms with Crippen molar-refractivity contribution < 1.29 is 0 Å². The van der Waals surface area contributed by atoms with Crippen LogP contribution in [0.15, 0.2) is 36.5 Å². The molecule has 3 nitrogen and oxygen atoms in total. The number of hydrogen-bond donors (Lipinski definition) is 1. The van der Waals surface area contributed by atoms with Crippen molar-refractivity contribution >= 4 is 0 Å². The molecule has 1 saturated carbocycles. The molecule has 1 aliphatic carbocycles. The van der Waals surface area contributed by atoms with Gasteiger partial charge < -0.3 is 5.32 Å². The van der Waals surface area contributed by atoms with E-state index in [1.807, 2.05) is 0 Å². The Morgan fingerprint density at radius 1 is 1.05 bits per heavy atom. The second-order valence-electron chi connectivity index (χ2n) is 6.82. The molecule has 0 radical (unpaired) electrons. The number of para-hydroxylation sites is 1. The van der Waals surface area contributed by atoms with Crippen molar-refractivity contribution in [2.24, 2.45) is 5.92 Å². The number of piperidine rings is 1. The van der Waals surface area contributed by atoms with E-state index < -0.39 is 0 Å².